The lowest BCUT2D eigenvalue weighted by molar-refractivity contribution is -0.125. The zero-order chi connectivity index (χ0) is 11.1. The predicted octanol–water partition coefficient (Wildman–Crippen LogP) is 1.28. The molecule has 0 saturated carbocycles. The van der Waals surface area contributed by atoms with Crippen LogP contribution in [-0.4, -0.2) is 17.4 Å². The van der Waals surface area contributed by atoms with Crippen LogP contribution in [0, 0.1) is 24.7 Å². The second-order valence-corrected chi connectivity index (χ2v) is 3.00. The molecule has 1 aromatic rings. The van der Waals surface area contributed by atoms with E-state index in [1.807, 2.05) is 30.3 Å². The van der Waals surface area contributed by atoms with Crippen molar-refractivity contribution in [3.05, 3.63) is 35.9 Å². The van der Waals surface area contributed by atoms with E-state index in [0.29, 0.717) is 6.54 Å². The molecule has 1 aromatic carbocycles. The topological polar surface area (TPSA) is 20.3 Å². The number of nitrogens with zero attached hydrogens (tertiary/aromatic N) is 1. The molecule has 0 fully saturated rings. The molecule has 0 bridgehead atoms. The first-order valence-corrected chi connectivity index (χ1v) is 4.51. The standard InChI is InChI=1S/C13H11NO/c1-3-10-14(13(15)4-2)11-12-8-6-5-7-9-12/h1-2,5-9H,10-11H2. The van der Waals surface area contributed by atoms with Crippen LogP contribution in [0.25, 0.3) is 0 Å². The average Bonchev–Trinajstić information content (AvgIpc) is 2.29. The van der Waals surface area contributed by atoms with Crippen molar-refractivity contribution in [1.29, 1.82) is 0 Å². The Morgan fingerprint density at radius 3 is 2.47 bits per heavy atom. The van der Waals surface area contributed by atoms with Crippen molar-refractivity contribution in [2.75, 3.05) is 6.54 Å². The Morgan fingerprint density at radius 1 is 1.27 bits per heavy atom. The van der Waals surface area contributed by atoms with Crippen LogP contribution in [0.4, 0.5) is 0 Å². The first-order valence-electron chi connectivity index (χ1n) is 4.51. The molecule has 2 nitrogen and oxygen atoms in total. The highest BCUT2D eigenvalue weighted by atomic mass is 16.2. The van der Waals surface area contributed by atoms with Gasteiger partial charge in [0, 0.05) is 6.54 Å². The third kappa shape index (κ3) is 3.21. The molecule has 0 aliphatic carbocycles. The minimum absolute atomic E-state index is 0.234. The quantitative estimate of drug-likeness (QED) is 0.668. The maximum Gasteiger partial charge on any atom is 0.299 e. The van der Waals surface area contributed by atoms with Crippen molar-refractivity contribution in [3.8, 4) is 24.7 Å². The van der Waals surface area contributed by atoms with Crippen LogP contribution in [-0.2, 0) is 11.3 Å². The van der Waals surface area contributed by atoms with Crippen LogP contribution in [0.1, 0.15) is 5.56 Å². The van der Waals surface area contributed by atoms with Gasteiger partial charge >= 0.3 is 0 Å². The van der Waals surface area contributed by atoms with Crippen molar-refractivity contribution in [2.45, 2.75) is 6.54 Å². The molecular weight excluding hydrogens is 186 g/mol. The highest BCUT2D eigenvalue weighted by Crippen LogP contribution is 2.03. The fraction of sp³-hybridized carbons (Fsp3) is 0.154. The van der Waals surface area contributed by atoms with Gasteiger partial charge in [0.2, 0.25) is 0 Å². The predicted molar refractivity (Wildman–Crippen MR) is 59.5 cm³/mol. The zero-order valence-corrected chi connectivity index (χ0v) is 8.31. The van der Waals surface area contributed by atoms with Crippen molar-refractivity contribution in [2.24, 2.45) is 0 Å². The molecule has 0 spiro atoms. The first-order chi connectivity index (χ1) is 7.27. The van der Waals surface area contributed by atoms with E-state index in [0.717, 1.165) is 5.56 Å². The molecule has 0 radical (unpaired) electrons. The van der Waals surface area contributed by atoms with Gasteiger partial charge in [-0.2, -0.15) is 0 Å². The van der Waals surface area contributed by atoms with E-state index in [4.69, 9.17) is 12.8 Å². The highest BCUT2D eigenvalue weighted by Gasteiger charge is 2.09. The number of carbonyl (C=O) groups is 1. The molecule has 74 valence electrons. The lowest BCUT2D eigenvalue weighted by Gasteiger charge is -2.17. The number of terminal acetylenes is 2. The van der Waals surface area contributed by atoms with Crippen LogP contribution in [0.5, 0.6) is 0 Å². The summed E-state index contributed by atoms with van der Waals surface area (Å²) in [5.74, 6) is 4.10. The molecule has 1 rings (SSSR count). The number of benzene rings is 1. The van der Waals surface area contributed by atoms with E-state index in [9.17, 15) is 4.79 Å². The van der Waals surface area contributed by atoms with E-state index >= 15 is 0 Å². The van der Waals surface area contributed by atoms with Gasteiger partial charge in [-0.15, -0.1) is 12.8 Å². The number of hydrogen-bond acceptors (Lipinski definition) is 1. The molecule has 0 aliphatic rings. The van der Waals surface area contributed by atoms with Crippen LogP contribution < -0.4 is 0 Å². The molecule has 0 unspecified atom stereocenters. The Hall–Kier alpha value is -2.19. The number of carbonyl (C=O) groups excluding carboxylic acids is 1. The number of hydrogen-bond donors (Lipinski definition) is 0. The maximum absolute atomic E-state index is 11.3. The Morgan fingerprint density at radius 2 is 1.93 bits per heavy atom. The molecule has 0 saturated heterocycles. The van der Waals surface area contributed by atoms with E-state index in [2.05, 4.69) is 11.8 Å². The Balaban J connectivity index is 2.73. The van der Waals surface area contributed by atoms with Crippen molar-refractivity contribution >= 4 is 5.91 Å². The molecule has 0 aliphatic heterocycles. The van der Waals surface area contributed by atoms with Gasteiger partial charge in [0.05, 0.1) is 6.54 Å². The van der Waals surface area contributed by atoms with Crippen LogP contribution in [0.2, 0.25) is 0 Å². The van der Waals surface area contributed by atoms with Gasteiger partial charge in [-0.25, -0.2) is 0 Å². The molecule has 0 heterocycles. The number of rotatable bonds is 3. The lowest BCUT2D eigenvalue weighted by Crippen LogP contribution is -2.29. The highest BCUT2D eigenvalue weighted by molar-refractivity contribution is 5.93. The summed E-state index contributed by atoms with van der Waals surface area (Å²) in [6.45, 7) is 0.687. The van der Waals surface area contributed by atoms with Gasteiger partial charge in [0.15, 0.2) is 0 Å². The van der Waals surface area contributed by atoms with Crippen molar-refractivity contribution in [3.63, 3.8) is 0 Å². The van der Waals surface area contributed by atoms with E-state index in [1.54, 1.807) is 0 Å². The summed E-state index contributed by atoms with van der Waals surface area (Å²) in [5.41, 5.74) is 1.01. The zero-order valence-electron chi connectivity index (χ0n) is 8.31. The average molecular weight is 197 g/mol. The minimum atomic E-state index is -0.378. The minimum Gasteiger partial charge on any atom is -0.316 e. The molecule has 15 heavy (non-hydrogen) atoms. The van der Waals surface area contributed by atoms with Crippen LogP contribution in [0.15, 0.2) is 30.3 Å². The summed E-state index contributed by atoms with van der Waals surface area (Å²) in [5, 5.41) is 0. The molecule has 0 N–H and O–H groups in total. The maximum atomic E-state index is 11.3. The van der Waals surface area contributed by atoms with Gasteiger partial charge in [-0.3, -0.25) is 4.79 Å². The SMILES string of the molecule is C#CCN(Cc1ccccc1)C(=O)C#C. The number of amides is 1. The molecule has 0 aromatic heterocycles. The molecular formula is C13H11NO. The molecule has 0 atom stereocenters. The summed E-state index contributed by atoms with van der Waals surface area (Å²) in [6, 6.07) is 9.58. The molecule has 2 heteroatoms. The van der Waals surface area contributed by atoms with Gasteiger partial charge in [-0.05, 0) is 11.5 Å². The summed E-state index contributed by atoms with van der Waals surface area (Å²) >= 11 is 0. The largest absolute Gasteiger partial charge is 0.316 e. The second-order valence-electron chi connectivity index (χ2n) is 3.00. The van der Waals surface area contributed by atoms with Crippen molar-refractivity contribution in [1.82, 2.24) is 4.90 Å². The third-order valence-corrected chi connectivity index (χ3v) is 1.91. The second kappa shape index (κ2) is 5.52. The normalized spacial score (nSPS) is 8.67. The summed E-state index contributed by atoms with van der Waals surface area (Å²) in [7, 11) is 0. The Kier molecular flexibility index (Phi) is 4.01. The summed E-state index contributed by atoms with van der Waals surface area (Å²) < 4.78 is 0. The van der Waals surface area contributed by atoms with Gasteiger partial charge in [0.25, 0.3) is 5.91 Å². The van der Waals surface area contributed by atoms with E-state index in [-0.39, 0.29) is 12.5 Å². The van der Waals surface area contributed by atoms with Crippen LogP contribution in [0.3, 0.4) is 0 Å². The fourth-order valence-corrected chi connectivity index (χ4v) is 1.20. The lowest BCUT2D eigenvalue weighted by atomic mass is 10.2. The van der Waals surface area contributed by atoms with Gasteiger partial charge in [0.1, 0.15) is 0 Å². The Labute approximate surface area is 89.9 Å². The van der Waals surface area contributed by atoms with E-state index < -0.39 is 0 Å². The van der Waals surface area contributed by atoms with Crippen LogP contribution >= 0.6 is 0 Å². The van der Waals surface area contributed by atoms with Gasteiger partial charge < -0.3 is 4.90 Å². The van der Waals surface area contributed by atoms with Crippen molar-refractivity contribution < 1.29 is 4.79 Å². The summed E-state index contributed by atoms with van der Waals surface area (Å²) in [6.07, 6.45) is 10.2. The van der Waals surface area contributed by atoms with E-state index in [1.165, 1.54) is 4.90 Å². The first kappa shape index (κ1) is 10.9. The Bertz CT molecular complexity index is 408. The summed E-state index contributed by atoms with van der Waals surface area (Å²) in [4.78, 5) is 12.8. The monoisotopic (exact) mass is 197 g/mol. The fourth-order valence-electron chi connectivity index (χ4n) is 1.20. The third-order valence-electron chi connectivity index (χ3n) is 1.91. The van der Waals surface area contributed by atoms with Gasteiger partial charge in [-0.1, -0.05) is 36.3 Å². The smallest absolute Gasteiger partial charge is 0.299 e. The molecule has 1 amide bonds.